The molecule has 4 atom stereocenters. The summed E-state index contributed by atoms with van der Waals surface area (Å²) in [5.41, 5.74) is 0.610. The van der Waals surface area contributed by atoms with Gasteiger partial charge in [0.05, 0.1) is 31.5 Å². The fourth-order valence-electron chi connectivity index (χ4n) is 7.65. The molecule has 1 saturated heterocycles. The average Bonchev–Trinajstić information content (AvgIpc) is 3.76. The maximum absolute atomic E-state index is 14.3. The molecule has 2 heterocycles. The van der Waals surface area contributed by atoms with Gasteiger partial charge in [0.15, 0.2) is 5.54 Å². The van der Waals surface area contributed by atoms with Gasteiger partial charge in [0.25, 0.3) is 5.91 Å². The van der Waals surface area contributed by atoms with Crippen molar-refractivity contribution in [2.24, 2.45) is 0 Å². The van der Waals surface area contributed by atoms with Crippen LogP contribution in [0.1, 0.15) is 51.2 Å². The van der Waals surface area contributed by atoms with Crippen molar-refractivity contribution in [3.63, 3.8) is 0 Å². The van der Waals surface area contributed by atoms with Crippen LogP contribution in [0.3, 0.4) is 0 Å². The zero-order valence-electron chi connectivity index (χ0n) is 40.9. The minimum Gasteiger partial charge on any atom is -0.497 e. The lowest BCUT2D eigenvalue weighted by atomic mass is 9.94. The topological polar surface area (TPSA) is 210 Å². The van der Waals surface area contributed by atoms with Crippen molar-refractivity contribution in [3.8, 4) is 28.5 Å². The Bertz CT molecular complexity index is 2600. The van der Waals surface area contributed by atoms with Crippen molar-refractivity contribution in [2.45, 2.75) is 108 Å². The molecule has 372 valence electrons. The first kappa shape index (κ1) is 52.4. The van der Waals surface area contributed by atoms with Gasteiger partial charge in [-0.15, -0.1) is 0 Å². The Morgan fingerprint density at radius 1 is 0.829 bits per heavy atom. The van der Waals surface area contributed by atoms with Gasteiger partial charge in [0, 0.05) is 50.5 Å². The maximum Gasteiger partial charge on any atom is 0.408 e. The number of hydrogen-bond donors (Lipinski definition) is 4. The Hall–Kier alpha value is -6.98. The smallest absolute Gasteiger partial charge is 0.408 e. The molecule has 6 rings (SSSR count). The Balaban J connectivity index is 1.10. The van der Waals surface area contributed by atoms with Crippen LogP contribution in [-0.2, 0) is 46.4 Å². The molecule has 0 unspecified atom stereocenters. The summed E-state index contributed by atoms with van der Waals surface area (Å²) in [4.78, 5) is 72.0. The molecule has 0 radical (unpaired) electrons. The van der Waals surface area contributed by atoms with E-state index in [4.69, 9.17) is 33.4 Å². The van der Waals surface area contributed by atoms with E-state index in [1.807, 2.05) is 72.8 Å². The quantitative estimate of drug-likeness (QED) is 0.0171. The number of esters is 2. The molecule has 0 saturated carbocycles. The summed E-state index contributed by atoms with van der Waals surface area (Å²) in [7, 11) is 0.0628. The normalized spacial score (nSPS) is 16.6. The Morgan fingerprint density at radius 2 is 1.54 bits per heavy atom. The van der Waals surface area contributed by atoms with Crippen molar-refractivity contribution in [2.75, 3.05) is 26.9 Å². The molecule has 16 nitrogen and oxygen atoms in total. The number of benzene rings is 4. The molecule has 17 heteroatoms. The third-order valence-corrected chi connectivity index (χ3v) is 13.1. The van der Waals surface area contributed by atoms with Crippen molar-refractivity contribution in [1.29, 1.82) is 0 Å². The number of alkyl carbamates (subject to hydrolysis) is 1. The molecule has 2 amide bonds. The van der Waals surface area contributed by atoms with E-state index in [-0.39, 0.29) is 52.0 Å². The molecule has 0 aliphatic carbocycles. The van der Waals surface area contributed by atoms with E-state index in [9.17, 15) is 29.1 Å². The van der Waals surface area contributed by atoms with Gasteiger partial charge in [-0.2, -0.15) is 0 Å². The number of carboxylic acids is 1. The monoisotopic (exact) mass is 976 g/mol. The number of amides is 2. The molecule has 4 N–H and O–H groups in total. The van der Waals surface area contributed by atoms with E-state index in [1.54, 1.807) is 64.3 Å². The molecule has 4 aromatic carbocycles. The molecule has 5 aromatic rings. The zero-order chi connectivity index (χ0) is 50.5. The maximum atomic E-state index is 14.3. The highest BCUT2D eigenvalue weighted by Gasteiger charge is 2.55. The van der Waals surface area contributed by atoms with Crippen LogP contribution in [0, 0.1) is 0 Å². The highest BCUT2D eigenvalue weighted by atomic mass is 28.3. The molecule has 0 bridgehead atoms. The van der Waals surface area contributed by atoms with Crippen LogP contribution >= 0.6 is 0 Å². The fraction of sp³-hybridized carbons (Fsp3) is 0.396. The number of fused-ring (bicyclic) bond motifs is 1. The van der Waals surface area contributed by atoms with Crippen molar-refractivity contribution >= 4 is 48.9 Å². The van der Waals surface area contributed by atoms with Gasteiger partial charge in [-0.1, -0.05) is 92.4 Å². The van der Waals surface area contributed by atoms with Crippen LogP contribution in [0.15, 0.2) is 109 Å². The van der Waals surface area contributed by atoms with Gasteiger partial charge in [0.2, 0.25) is 0 Å². The minimum absolute atomic E-state index is 0.0228. The third-order valence-electron chi connectivity index (χ3n) is 11.4. The van der Waals surface area contributed by atoms with Gasteiger partial charge in [0.1, 0.15) is 47.6 Å². The van der Waals surface area contributed by atoms with E-state index < -0.39 is 67.3 Å². The Morgan fingerprint density at radius 3 is 2.23 bits per heavy atom. The second kappa shape index (κ2) is 23.6. The van der Waals surface area contributed by atoms with E-state index in [0.717, 1.165) is 17.2 Å². The van der Waals surface area contributed by atoms with Gasteiger partial charge in [-0.3, -0.25) is 10.1 Å². The Kier molecular flexibility index (Phi) is 17.6. The number of rotatable bonds is 22. The van der Waals surface area contributed by atoms with E-state index in [0.29, 0.717) is 39.4 Å². The van der Waals surface area contributed by atoms with Gasteiger partial charge in [-0.25, -0.2) is 24.2 Å². The van der Waals surface area contributed by atoms with Crippen molar-refractivity contribution in [3.05, 3.63) is 120 Å². The van der Waals surface area contributed by atoms with Crippen molar-refractivity contribution in [1.82, 2.24) is 20.9 Å². The first-order valence-corrected chi connectivity index (χ1v) is 27.1. The molecular weight excluding hydrogens is 913 g/mol. The van der Waals surface area contributed by atoms with Crippen LogP contribution in [0.2, 0.25) is 25.7 Å². The predicted molar refractivity (Wildman–Crippen MR) is 266 cm³/mol. The summed E-state index contributed by atoms with van der Waals surface area (Å²) >= 11 is 0. The fourth-order valence-corrected chi connectivity index (χ4v) is 8.37. The van der Waals surface area contributed by atoms with Crippen molar-refractivity contribution < 1.29 is 57.5 Å². The summed E-state index contributed by atoms with van der Waals surface area (Å²) in [5, 5.41) is 19.3. The van der Waals surface area contributed by atoms with Gasteiger partial charge in [-0.05, 0) is 75.0 Å². The summed E-state index contributed by atoms with van der Waals surface area (Å²) < 4.78 is 34.8. The SMILES string of the molecule is COc1ccc2c(O[C@H]3CN[C@@](C(=O)N[C@@H](CCCOc4cccc(C[C@H](NC(=O)OCc5ccccc5)C(=O)OCC[Si](C)(C)C)c4)C(=O)O)(C(=O)OC(C)(C)C)C3)cc(-c3ccccc3)nc2c1. The molecular formula is C53H64N4O12Si. The summed E-state index contributed by atoms with van der Waals surface area (Å²) in [6, 6.07) is 31.3. The van der Waals surface area contributed by atoms with E-state index in [2.05, 4.69) is 35.6 Å². The van der Waals surface area contributed by atoms with Crippen LogP contribution in [-0.4, -0.2) is 104 Å². The lowest BCUT2D eigenvalue weighted by Gasteiger charge is -2.31. The number of aliphatic carboxylic acids is 1. The van der Waals surface area contributed by atoms with E-state index in [1.165, 1.54) is 0 Å². The number of pyridine rings is 1. The standard InChI is InChI=1S/C53H64N4O12Si/c1-52(2,3)69-50(62)53(32-40(33-54-53)68-46-31-43(37-19-12-9-13-20-37)55-44-30-38(64-4)23-24-41(44)46)49(61)56-42(47(58)59)22-15-25-65-39-21-14-18-36(28-39)29-45(48(60)66-26-27-70(5,6)7)57-51(63)67-34-35-16-10-8-11-17-35/h8-14,16-21,23-24,28,30-31,40,42,45,54H,15,22,25-27,29,32-34H2,1-7H3,(H,56,61)(H,57,63)(H,58,59)/t40-,42+,45+,53+/m1/s1. The summed E-state index contributed by atoms with van der Waals surface area (Å²) in [5.74, 6) is -2.11. The number of ether oxygens (including phenoxy) is 6. The molecule has 1 aliphatic heterocycles. The second-order valence-corrected chi connectivity index (χ2v) is 25.1. The molecule has 0 spiro atoms. The average molecular weight is 977 g/mol. The first-order valence-electron chi connectivity index (χ1n) is 23.4. The number of methoxy groups -OCH3 is 1. The van der Waals surface area contributed by atoms with Crippen LogP contribution in [0.5, 0.6) is 17.2 Å². The number of nitrogens with zero attached hydrogens (tertiary/aromatic N) is 1. The van der Waals surface area contributed by atoms with Gasteiger partial charge >= 0.3 is 24.0 Å². The molecule has 1 fully saturated rings. The predicted octanol–water partition coefficient (Wildman–Crippen LogP) is 7.88. The largest absolute Gasteiger partial charge is 0.497 e. The minimum atomic E-state index is -1.98. The zero-order valence-corrected chi connectivity index (χ0v) is 41.9. The first-order chi connectivity index (χ1) is 33.3. The van der Waals surface area contributed by atoms with E-state index >= 15 is 0 Å². The van der Waals surface area contributed by atoms with Crippen LogP contribution in [0.4, 0.5) is 4.79 Å². The molecule has 70 heavy (non-hydrogen) atoms. The third kappa shape index (κ3) is 15.0. The summed E-state index contributed by atoms with van der Waals surface area (Å²) in [6.45, 7) is 12.0. The number of nitrogens with one attached hydrogen (secondary N) is 3. The summed E-state index contributed by atoms with van der Waals surface area (Å²) in [6.07, 6.45) is -1.41. The highest BCUT2D eigenvalue weighted by molar-refractivity contribution is 6.76. The number of carbonyl (C=O) groups is 5. The Labute approximate surface area is 409 Å². The molecule has 1 aliphatic rings. The highest BCUT2D eigenvalue weighted by Crippen LogP contribution is 2.35. The molecule has 1 aromatic heterocycles. The number of hydrogen-bond acceptors (Lipinski definition) is 13. The lowest BCUT2D eigenvalue weighted by molar-refractivity contribution is -0.166. The van der Waals surface area contributed by atoms with Crippen LogP contribution < -0.4 is 30.2 Å². The second-order valence-electron chi connectivity index (χ2n) is 19.4. The van der Waals surface area contributed by atoms with Gasteiger partial charge < -0.3 is 44.2 Å². The lowest BCUT2D eigenvalue weighted by Crippen LogP contribution is -2.62. The number of aromatic nitrogens is 1. The number of carboxylic acid groups (broad SMARTS) is 1. The number of carbonyl (C=O) groups excluding carboxylic acids is 4. The van der Waals surface area contributed by atoms with Crippen LogP contribution in [0.25, 0.3) is 22.2 Å².